The summed E-state index contributed by atoms with van der Waals surface area (Å²) in [6.45, 7) is 5.33. The molecule has 0 spiro atoms. The molecule has 160 valence electrons. The molecule has 1 aromatic carbocycles. The van der Waals surface area contributed by atoms with Gasteiger partial charge in [-0.05, 0) is 37.6 Å². The Labute approximate surface area is 195 Å². The minimum absolute atomic E-state index is 0. The molecule has 8 heteroatoms. The van der Waals surface area contributed by atoms with Crippen LogP contribution in [0.2, 0.25) is 0 Å². The second-order valence-corrected chi connectivity index (χ2v) is 6.93. The van der Waals surface area contributed by atoms with Crippen LogP contribution < -0.4 is 10.1 Å². The lowest BCUT2D eigenvalue weighted by Crippen LogP contribution is -2.38. The van der Waals surface area contributed by atoms with Crippen LogP contribution in [0.15, 0.2) is 53.7 Å². The molecule has 0 atom stereocenters. The molecule has 7 nitrogen and oxygen atoms in total. The molecule has 0 saturated carbocycles. The van der Waals surface area contributed by atoms with Gasteiger partial charge in [0.05, 0.1) is 12.8 Å². The van der Waals surface area contributed by atoms with Crippen molar-refractivity contribution in [3.05, 3.63) is 71.2 Å². The van der Waals surface area contributed by atoms with Crippen molar-refractivity contribution in [2.24, 2.45) is 4.99 Å². The van der Waals surface area contributed by atoms with E-state index in [2.05, 4.69) is 37.4 Å². The van der Waals surface area contributed by atoms with E-state index < -0.39 is 0 Å². The summed E-state index contributed by atoms with van der Waals surface area (Å²) in [6, 6.07) is 14.1. The molecule has 0 radical (unpaired) electrons. The number of aryl methyl sites for hydroxylation is 2. The van der Waals surface area contributed by atoms with E-state index in [0.29, 0.717) is 13.1 Å². The van der Waals surface area contributed by atoms with Gasteiger partial charge in [0.1, 0.15) is 5.75 Å². The molecule has 0 amide bonds. The number of hydrogen-bond acceptors (Lipinski definition) is 4. The van der Waals surface area contributed by atoms with Crippen molar-refractivity contribution < 1.29 is 4.74 Å². The number of ether oxygens (including phenoxy) is 1. The van der Waals surface area contributed by atoms with Gasteiger partial charge in [-0.1, -0.05) is 24.3 Å². The number of halogens is 1. The third-order valence-corrected chi connectivity index (χ3v) is 4.66. The van der Waals surface area contributed by atoms with Crippen molar-refractivity contribution in [3.8, 4) is 11.6 Å². The van der Waals surface area contributed by atoms with Gasteiger partial charge in [0.15, 0.2) is 11.8 Å². The maximum atomic E-state index is 5.44. The maximum Gasteiger partial charge on any atom is 0.193 e. The summed E-state index contributed by atoms with van der Waals surface area (Å²) in [6.07, 6.45) is 1.87. The van der Waals surface area contributed by atoms with Crippen LogP contribution >= 0.6 is 24.0 Å². The molecule has 3 rings (SSSR count). The van der Waals surface area contributed by atoms with Crippen LogP contribution in [0.25, 0.3) is 5.82 Å². The third-order valence-electron chi connectivity index (χ3n) is 4.66. The number of pyridine rings is 1. The number of aromatic nitrogens is 3. The lowest BCUT2D eigenvalue weighted by molar-refractivity contribution is 0.396. The standard InChI is InChI=1S/C22H28N6O.HI/c1-16-12-17(2)28(26-16)21-11-10-18(13-24-21)14-25-22(23-3)27(4)15-19-8-6-7-9-20(19)29-5;/h6-13H,14-15H2,1-5H3,(H,23,25);1H. The lowest BCUT2D eigenvalue weighted by Gasteiger charge is -2.23. The summed E-state index contributed by atoms with van der Waals surface area (Å²) < 4.78 is 7.30. The van der Waals surface area contributed by atoms with E-state index in [9.17, 15) is 0 Å². The van der Waals surface area contributed by atoms with Crippen LogP contribution in [0, 0.1) is 13.8 Å². The second-order valence-electron chi connectivity index (χ2n) is 6.93. The van der Waals surface area contributed by atoms with Crippen LogP contribution in [-0.2, 0) is 13.1 Å². The quantitative estimate of drug-likeness (QED) is 0.305. The van der Waals surface area contributed by atoms with Crippen LogP contribution in [0.4, 0.5) is 0 Å². The highest BCUT2D eigenvalue weighted by molar-refractivity contribution is 14.0. The van der Waals surface area contributed by atoms with Gasteiger partial charge in [0, 0.05) is 44.6 Å². The molecule has 0 saturated heterocycles. The molecular weight excluding hydrogens is 491 g/mol. The first-order chi connectivity index (χ1) is 14.0. The zero-order chi connectivity index (χ0) is 20.8. The summed E-state index contributed by atoms with van der Waals surface area (Å²) in [5.41, 5.74) is 4.23. The Hall–Kier alpha value is -2.62. The topological polar surface area (TPSA) is 67.6 Å². The molecule has 0 unspecified atom stereocenters. The number of benzene rings is 1. The van der Waals surface area contributed by atoms with Gasteiger partial charge in [-0.25, -0.2) is 9.67 Å². The van der Waals surface area contributed by atoms with Crippen LogP contribution in [0.1, 0.15) is 22.5 Å². The average molecular weight is 520 g/mol. The molecule has 0 aliphatic heterocycles. The number of para-hydroxylation sites is 1. The first-order valence-corrected chi connectivity index (χ1v) is 9.54. The third kappa shape index (κ3) is 5.71. The van der Waals surface area contributed by atoms with Crippen molar-refractivity contribution in [1.82, 2.24) is 25.0 Å². The van der Waals surface area contributed by atoms with Gasteiger partial charge < -0.3 is 15.0 Å². The van der Waals surface area contributed by atoms with E-state index in [1.165, 1.54) is 0 Å². The van der Waals surface area contributed by atoms with Crippen LogP contribution in [0.3, 0.4) is 0 Å². The fraction of sp³-hybridized carbons (Fsp3) is 0.318. The molecule has 2 aromatic heterocycles. The number of rotatable bonds is 6. The molecular formula is C22H29IN6O. The van der Waals surface area contributed by atoms with Crippen LogP contribution in [0.5, 0.6) is 5.75 Å². The molecule has 2 heterocycles. The van der Waals surface area contributed by atoms with E-state index in [0.717, 1.165) is 40.0 Å². The van der Waals surface area contributed by atoms with E-state index in [-0.39, 0.29) is 24.0 Å². The first-order valence-electron chi connectivity index (χ1n) is 9.54. The van der Waals surface area contributed by atoms with Crippen molar-refractivity contribution in [2.75, 3.05) is 21.2 Å². The zero-order valence-electron chi connectivity index (χ0n) is 18.1. The minimum Gasteiger partial charge on any atom is -0.496 e. The number of nitrogens with one attached hydrogen (secondary N) is 1. The number of guanidine groups is 1. The SMILES string of the molecule is CN=C(NCc1ccc(-n2nc(C)cc2C)nc1)N(C)Cc1ccccc1OC.I. The summed E-state index contributed by atoms with van der Waals surface area (Å²) in [7, 11) is 5.48. The monoisotopic (exact) mass is 520 g/mol. The van der Waals surface area contributed by atoms with Crippen molar-refractivity contribution in [3.63, 3.8) is 0 Å². The summed E-state index contributed by atoms with van der Waals surface area (Å²) in [5, 5.41) is 7.87. The Morgan fingerprint density at radius 2 is 1.97 bits per heavy atom. The molecule has 30 heavy (non-hydrogen) atoms. The normalized spacial score (nSPS) is 11.0. The average Bonchev–Trinajstić information content (AvgIpc) is 3.07. The Balaban J connectivity index is 0.00000320. The highest BCUT2D eigenvalue weighted by Crippen LogP contribution is 2.18. The zero-order valence-corrected chi connectivity index (χ0v) is 20.4. The number of aliphatic imine (C=N–C) groups is 1. The predicted octanol–water partition coefficient (Wildman–Crippen LogP) is 3.72. The second kappa shape index (κ2) is 11.0. The molecule has 3 aromatic rings. The van der Waals surface area contributed by atoms with E-state index in [1.807, 2.05) is 62.1 Å². The van der Waals surface area contributed by atoms with Gasteiger partial charge in [0.25, 0.3) is 0 Å². The van der Waals surface area contributed by atoms with Crippen molar-refractivity contribution in [2.45, 2.75) is 26.9 Å². The van der Waals surface area contributed by atoms with Crippen molar-refractivity contribution >= 4 is 29.9 Å². The lowest BCUT2D eigenvalue weighted by atomic mass is 10.2. The Bertz CT molecular complexity index is 984. The van der Waals surface area contributed by atoms with E-state index >= 15 is 0 Å². The largest absolute Gasteiger partial charge is 0.496 e. The molecule has 0 fully saturated rings. The van der Waals surface area contributed by atoms with Gasteiger partial charge in [-0.15, -0.1) is 24.0 Å². The first kappa shape index (κ1) is 23.7. The van der Waals surface area contributed by atoms with E-state index in [1.54, 1.807) is 14.2 Å². The number of methoxy groups -OCH3 is 1. The molecule has 0 aliphatic carbocycles. The highest BCUT2D eigenvalue weighted by atomic mass is 127. The minimum atomic E-state index is 0. The summed E-state index contributed by atoms with van der Waals surface area (Å²) in [5.74, 6) is 2.49. The Morgan fingerprint density at radius 1 is 1.20 bits per heavy atom. The molecule has 0 bridgehead atoms. The predicted molar refractivity (Wildman–Crippen MR) is 131 cm³/mol. The molecule has 0 aliphatic rings. The molecule has 1 N–H and O–H groups in total. The Morgan fingerprint density at radius 3 is 2.57 bits per heavy atom. The van der Waals surface area contributed by atoms with Gasteiger partial charge >= 0.3 is 0 Å². The summed E-state index contributed by atoms with van der Waals surface area (Å²) >= 11 is 0. The fourth-order valence-corrected chi connectivity index (χ4v) is 3.24. The van der Waals surface area contributed by atoms with E-state index in [4.69, 9.17) is 4.74 Å². The maximum absolute atomic E-state index is 5.44. The summed E-state index contributed by atoms with van der Waals surface area (Å²) in [4.78, 5) is 11.0. The fourth-order valence-electron chi connectivity index (χ4n) is 3.24. The van der Waals surface area contributed by atoms with Crippen molar-refractivity contribution in [1.29, 1.82) is 0 Å². The van der Waals surface area contributed by atoms with Gasteiger partial charge in [-0.2, -0.15) is 5.10 Å². The number of hydrogen-bond donors (Lipinski definition) is 1. The Kier molecular flexibility index (Phi) is 8.64. The highest BCUT2D eigenvalue weighted by Gasteiger charge is 2.10. The van der Waals surface area contributed by atoms with Crippen LogP contribution in [-0.4, -0.2) is 46.8 Å². The van der Waals surface area contributed by atoms with Gasteiger partial charge in [-0.3, -0.25) is 4.99 Å². The smallest absolute Gasteiger partial charge is 0.193 e. The van der Waals surface area contributed by atoms with Gasteiger partial charge in [0.2, 0.25) is 0 Å². The number of nitrogens with zero attached hydrogens (tertiary/aromatic N) is 5.